The summed E-state index contributed by atoms with van der Waals surface area (Å²) in [6.45, 7) is 12.2. The van der Waals surface area contributed by atoms with E-state index in [4.69, 9.17) is 25.3 Å². The third-order valence-corrected chi connectivity index (χ3v) is 9.31. The van der Waals surface area contributed by atoms with Crippen LogP contribution in [-0.4, -0.2) is 83.7 Å². The van der Waals surface area contributed by atoms with Crippen LogP contribution in [0, 0.1) is 6.07 Å². The molecule has 21 heteroatoms. The molecule has 0 saturated carbocycles. The fraction of sp³-hybridized carbons (Fsp3) is 0.265. The Morgan fingerprint density at radius 2 is 1.05 bits per heavy atom. The van der Waals surface area contributed by atoms with Crippen molar-refractivity contribution in [2.45, 2.75) is 43.4 Å². The van der Waals surface area contributed by atoms with Crippen LogP contribution in [0.1, 0.15) is 60.7 Å². The average Bonchev–Trinajstić information content (AvgIpc) is 3.10. The Morgan fingerprint density at radius 3 is 1.36 bits per heavy atom. The first-order valence-electron chi connectivity index (χ1n) is 15.6. The second-order valence-electron chi connectivity index (χ2n) is 10.4. The molecule has 0 heterocycles. The molecule has 0 saturated heterocycles. The van der Waals surface area contributed by atoms with Crippen LogP contribution in [0.4, 0.5) is 11.4 Å². The SMILES string of the molecule is CCN(CC)c1ccc(C(c2ccc(N(CC)CC)cc2)c2ccccc2S(=O)(=O)O)cc1.O=Cc1c[c-]ccc1S(=O)(=O)[O-].O=S(=O)=O.O=S(=O)=O.[Na+].[Na+]. The molecule has 0 aromatic heterocycles. The van der Waals surface area contributed by atoms with Gasteiger partial charge < -0.3 is 19.1 Å². The minimum absolute atomic E-state index is 0. The van der Waals surface area contributed by atoms with Crippen molar-refractivity contribution in [2.75, 3.05) is 36.0 Å². The zero-order chi connectivity index (χ0) is 40.4. The Kier molecular flexibility index (Phi) is 26.6. The van der Waals surface area contributed by atoms with Crippen LogP contribution in [0.3, 0.4) is 0 Å². The molecule has 0 atom stereocenters. The van der Waals surface area contributed by atoms with E-state index in [1.54, 1.807) is 12.1 Å². The summed E-state index contributed by atoms with van der Waals surface area (Å²) in [6, 6.07) is 29.2. The average molecular weight is 857 g/mol. The summed E-state index contributed by atoms with van der Waals surface area (Å²) in [6.07, 6.45) is 0.307. The van der Waals surface area contributed by atoms with Crippen LogP contribution in [0.5, 0.6) is 0 Å². The van der Waals surface area contributed by atoms with E-state index in [0.29, 0.717) is 11.8 Å². The molecule has 15 nitrogen and oxygen atoms in total. The van der Waals surface area contributed by atoms with Crippen molar-refractivity contribution in [2.24, 2.45) is 0 Å². The Hall–Kier alpha value is -2.79. The number of hydrogen-bond donors (Lipinski definition) is 1. The molecule has 0 fully saturated rings. The van der Waals surface area contributed by atoms with Crippen LogP contribution in [0.15, 0.2) is 101 Å². The Balaban J connectivity index is 0. The Labute approximate surface area is 369 Å². The first-order chi connectivity index (χ1) is 24.9. The molecule has 0 aliphatic heterocycles. The van der Waals surface area contributed by atoms with Crippen LogP contribution < -0.4 is 68.9 Å². The normalized spacial score (nSPS) is 10.2. The first kappa shape index (κ1) is 54.3. The molecule has 1 N–H and O–H groups in total. The van der Waals surface area contributed by atoms with Crippen LogP contribution in [0.25, 0.3) is 0 Å². The summed E-state index contributed by atoms with van der Waals surface area (Å²) in [4.78, 5) is 14.2. The number of anilines is 2. The van der Waals surface area contributed by atoms with Gasteiger partial charge in [0.1, 0.15) is 10.1 Å². The van der Waals surface area contributed by atoms with Gasteiger partial charge in [0.2, 0.25) is 0 Å². The fourth-order valence-corrected chi connectivity index (χ4v) is 6.55. The maximum absolute atomic E-state index is 12.2. The van der Waals surface area contributed by atoms with Crippen LogP contribution in [-0.2, 0) is 41.5 Å². The van der Waals surface area contributed by atoms with Gasteiger partial charge in [-0.25, -0.2) is 8.42 Å². The zero-order valence-electron chi connectivity index (χ0n) is 31.0. The quantitative estimate of drug-likeness (QED) is 0.0534. The molecule has 0 aliphatic carbocycles. The van der Waals surface area contributed by atoms with Crippen molar-refractivity contribution in [3.8, 4) is 0 Å². The summed E-state index contributed by atoms with van der Waals surface area (Å²) in [7, 11) is -15.1. The fourth-order valence-electron chi connectivity index (χ4n) is 5.19. The monoisotopic (exact) mass is 856 g/mol. The first-order valence-corrected chi connectivity index (χ1v) is 20.4. The maximum Gasteiger partial charge on any atom is 1.00 e. The number of aldehydes is 1. The number of hydrogen-bond acceptors (Lipinski definition) is 14. The minimum atomic E-state index is -4.55. The van der Waals surface area contributed by atoms with Gasteiger partial charge in [0.25, 0.3) is 10.1 Å². The molecular formula is C34H38N2Na2O13S4. The van der Waals surface area contributed by atoms with E-state index >= 15 is 0 Å². The standard InChI is InChI=1S/C27H34N2O3S.C7H5O4S.2Na.2O3S/c1-5-28(6-2)23-17-13-21(14-18-23)27(25-11-9-10-12-26(25)33(30,31)32)22-15-19-24(20-16-22)29(7-3)8-4;8-5-6-3-1-2-4-7(6)12(9,10)11;;;2*1-4(2)3/h9-20,27H,5-8H2,1-4H3,(H,30,31,32);2-5H,(H,9,10,11);;;;/q;-1;2*+1;;/p-1. The molecule has 0 spiro atoms. The summed E-state index contributed by atoms with van der Waals surface area (Å²) in [5.41, 5.74) is 4.60. The van der Waals surface area contributed by atoms with Gasteiger partial charge in [-0.15, -0.1) is 25.3 Å². The summed E-state index contributed by atoms with van der Waals surface area (Å²) >= 11 is 0. The van der Waals surface area contributed by atoms with E-state index in [0.717, 1.165) is 60.8 Å². The van der Waals surface area contributed by atoms with Gasteiger partial charge in [-0.1, -0.05) is 48.0 Å². The Morgan fingerprint density at radius 1 is 0.673 bits per heavy atom. The maximum atomic E-state index is 12.2. The van der Waals surface area contributed by atoms with Gasteiger partial charge in [-0.05, 0) is 79.6 Å². The van der Waals surface area contributed by atoms with E-state index in [9.17, 15) is 30.7 Å². The van der Waals surface area contributed by atoms with Gasteiger partial charge in [-0.3, -0.25) is 4.55 Å². The van der Waals surface area contributed by atoms with Crippen molar-refractivity contribution in [1.29, 1.82) is 0 Å². The number of rotatable bonds is 12. The molecule has 55 heavy (non-hydrogen) atoms. The van der Waals surface area contributed by atoms with Crippen molar-refractivity contribution < 1.29 is 115 Å². The smallest absolute Gasteiger partial charge is 0.746 e. The molecule has 4 aromatic carbocycles. The third-order valence-electron chi connectivity index (χ3n) is 7.47. The Bertz CT molecular complexity index is 2140. The van der Waals surface area contributed by atoms with Crippen LogP contribution in [0.2, 0.25) is 0 Å². The van der Waals surface area contributed by atoms with Crippen molar-refractivity contribution in [1.82, 2.24) is 0 Å². The van der Waals surface area contributed by atoms with E-state index in [1.807, 2.05) is 6.07 Å². The van der Waals surface area contributed by atoms with Crippen molar-refractivity contribution >= 4 is 59.1 Å². The van der Waals surface area contributed by atoms with Gasteiger partial charge in [-0.2, -0.15) is 32.7 Å². The minimum Gasteiger partial charge on any atom is -0.746 e. The van der Waals surface area contributed by atoms with E-state index in [-0.39, 0.29) is 75.5 Å². The van der Waals surface area contributed by atoms with Crippen LogP contribution >= 0.6 is 0 Å². The number of benzene rings is 4. The van der Waals surface area contributed by atoms with E-state index in [1.165, 1.54) is 12.1 Å². The number of carbonyl (C=O) groups is 1. The molecule has 0 radical (unpaired) electrons. The predicted molar refractivity (Wildman–Crippen MR) is 195 cm³/mol. The van der Waals surface area contributed by atoms with Crippen molar-refractivity contribution in [3.05, 3.63) is 119 Å². The number of carbonyl (C=O) groups excluding carboxylic acids is 1. The van der Waals surface area contributed by atoms with E-state index < -0.39 is 46.3 Å². The summed E-state index contributed by atoms with van der Waals surface area (Å²) in [5, 5.41) is 0. The summed E-state index contributed by atoms with van der Waals surface area (Å²) < 4.78 is 116. The summed E-state index contributed by atoms with van der Waals surface area (Å²) in [5.74, 6) is -0.334. The third kappa shape index (κ3) is 18.8. The molecule has 0 aliphatic rings. The van der Waals surface area contributed by atoms with Gasteiger partial charge in [0.05, 0.1) is 11.2 Å². The second-order valence-corrected chi connectivity index (χ2v) is 14.0. The van der Waals surface area contributed by atoms with E-state index in [2.05, 4.69) is 92.1 Å². The second kappa shape index (κ2) is 27.0. The molecule has 0 amide bonds. The van der Waals surface area contributed by atoms with Gasteiger partial charge >= 0.3 is 80.3 Å². The molecule has 0 unspecified atom stereocenters. The predicted octanol–water partition coefficient (Wildman–Crippen LogP) is -1.99. The largest absolute Gasteiger partial charge is 1.00 e. The zero-order valence-corrected chi connectivity index (χ0v) is 38.3. The van der Waals surface area contributed by atoms with Gasteiger partial charge in [0, 0.05) is 43.5 Å². The molecule has 4 rings (SSSR count). The number of nitrogens with zero attached hydrogens (tertiary/aromatic N) is 2. The molecule has 4 aromatic rings. The molecule has 0 bridgehead atoms. The topological polar surface area (TPSA) is 238 Å². The molecule has 288 valence electrons. The van der Waals surface area contributed by atoms with Crippen molar-refractivity contribution in [3.63, 3.8) is 0 Å². The molecular weight excluding hydrogens is 819 g/mol. The van der Waals surface area contributed by atoms with Gasteiger partial charge in [0.15, 0.2) is 0 Å².